The van der Waals surface area contributed by atoms with E-state index in [1.54, 1.807) is 0 Å². The Morgan fingerprint density at radius 2 is 1.89 bits per heavy atom. The highest BCUT2D eigenvalue weighted by atomic mass is 15.2. The summed E-state index contributed by atoms with van der Waals surface area (Å²) in [5.74, 6) is 1.38. The van der Waals surface area contributed by atoms with E-state index in [-0.39, 0.29) is 5.54 Å². The molecule has 3 atom stereocenters. The van der Waals surface area contributed by atoms with Crippen LogP contribution in [0.3, 0.4) is 0 Å². The van der Waals surface area contributed by atoms with Crippen molar-refractivity contribution >= 4 is 0 Å². The Bertz CT molecular complexity index is 367. The third-order valence-electron chi connectivity index (χ3n) is 5.21. The number of hydrogen-bond acceptors (Lipinski definition) is 3. The number of likely N-dealkylation sites (tertiary alicyclic amines) is 1. The monoisotopic (exact) mass is 261 g/mol. The molecule has 106 valence electrons. The Hall–Kier alpha value is -0.590. The van der Waals surface area contributed by atoms with Gasteiger partial charge < -0.3 is 0 Å². The maximum Gasteiger partial charge on any atom is 0.122 e. The Morgan fingerprint density at radius 3 is 2.47 bits per heavy atom. The topological polar surface area (TPSA) is 39.1 Å². The number of nitrogens with zero attached hydrogens (tertiary/aromatic N) is 2. The van der Waals surface area contributed by atoms with Crippen LogP contribution in [0.25, 0.3) is 0 Å². The molecule has 3 aliphatic rings. The zero-order valence-electron chi connectivity index (χ0n) is 12.4. The lowest BCUT2D eigenvalue weighted by Crippen LogP contribution is -2.58. The van der Waals surface area contributed by atoms with Crippen LogP contribution < -0.4 is 5.32 Å². The quantitative estimate of drug-likeness (QED) is 0.826. The first-order valence-corrected chi connectivity index (χ1v) is 8.06. The maximum atomic E-state index is 9.81. The van der Waals surface area contributed by atoms with Gasteiger partial charge >= 0.3 is 0 Å². The molecule has 2 aliphatic carbocycles. The first-order chi connectivity index (χ1) is 9.13. The van der Waals surface area contributed by atoms with Crippen molar-refractivity contribution in [3.05, 3.63) is 0 Å². The normalized spacial score (nSPS) is 35.6. The van der Waals surface area contributed by atoms with E-state index in [1.807, 2.05) is 0 Å². The molecule has 0 radical (unpaired) electrons. The van der Waals surface area contributed by atoms with Crippen LogP contribution in [0.4, 0.5) is 0 Å². The highest BCUT2D eigenvalue weighted by Crippen LogP contribution is 2.42. The summed E-state index contributed by atoms with van der Waals surface area (Å²) in [6.07, 6.45) is 7.65. The summed E-state index contributed by atoms with van der Waals surface area (Å²) in [5, 5.41) is 13.5. The molecule has 3 fully saturated rings. The van der Waals surface area contributed by atoms with Crippen LogP contribution in [0.15, 0.2) is 0 Å². The fourth-order valence-corrected chi connectivity index (χ4v) is 3.54. The van der Waals surface area contributed by atoms with Crippen molar-refractivity contribution in [1.82, 2.24) is 10.2 Å². The number of rotatable bonds is 5. The molecule has 1 saturated heterocycles. The molecular weight excluding hydrogens is 234 g/mol. The van der Waals surface area contributed by atoms with Crippen LogP contribution in [0.5, 0.6) is 0 Å². The SMILES string of the molecule is CC1CCC(C)N(CC(C#N)(NC2CC2)C2CC2)C1. The van der Waals surface area contributed by atoms with Crippen molar-refractivity contribution in [2.24, 2.45) is 11.8 Å². The lowest BCUT2D eigenvalue weighted by Gasteiger charge is -2.42. The van der Waals surface area contributed by atoms with Crippen LogP contribution in [0, 0.1) is 23.2 Å². The minimum absolute atomic E-state index is 0.257. The van der Waals surface area contributed by atoms with E-state index in [1.165, 1.54) is 45.1 Å². The van der Waals surface area contributed by atoms with Gasteiger partial charge in [0.05, 0.1) is 6.07 Å². The Kier molecular flexibility index (Phi) is 3.57. The van der Waals surface area contributed by atoms with Gasteiger partial charge in [0.1, 0.15) is 5.54 Å². The second kappa shape index (κ2) is 5.07. The molecule has 1 heterocycles. The van der Waals surface area contributed by atoms with Gasteiger partial charge in [-0.25, -0.2) is 0 Å². The van der Waals surface area contributed by atoms with Gasteiger partial charge in [-0.15, -0.1) is 0 Å². The van der Waals surface area contributed by atoms with Crippen LogP contribution in [0.2, 0.25) is 0 Å². The summed E-state index contributed by atoms with van der Waals surface area (Å²) in [6.45, 7) is 6.79. The summed E-state index contributed by atoms with van der Waals surface area (Å²) in [5.41, 5.74) is -0.257. The van der Waals surface area contributed by atoms with Gasteiger partial charge in [0.25, 0.3) is 0 Å². The molecule has 0 aromatic carbocycles. The van der Waals surface area contributed by atoms with Crippen molar-refractivity contribution in [2.45, 2.75) is 70.0 Å². The number of hydrogen-bond donors (Lipinski definition) is 1. The molecule has 0 aromatic rings. The molecule has 0 amide bonds. The molecule has 0 spiro atoms. The van der Waals surface area contributed by atoms with E-state index in [4.69, 9.17) is 0 Å². The molecule has 1 aliphatic heterocycles. The number of nitriles is 1. The van der Waals surface area contributed by atoms with Crippen molar-refractivity contribution in [2.75, 3.05) is 13.1 Å². The molecule has 19 heavy (non-hydrogen) atoms. The number of nitrogens with one attached hydrogen (secondary N) is 1. The van der Waals surface area contributed by atoms with E-state index >= 15 is 0 Å². The average Bonchev–Trinajstić information content (AvgIpc) is 3.25. The second-order valence-electron chi connectivity index (χ2n) is 7.24. The summed E-state index contributed by atoms with van der Waals surface area (Å²) < 4.78 is 0. The van der Waals surface area contributed by atoms with Crippen LogP contribution in [-0.4, -0.2) is 35.6 Å². The zero-order chi connectivity index (χ0) is 13.5. The fourth-order valence-electron chi connectivity index (χ4n) is 3.54. The summed E-state index contributed by atoms with van der Waals surface area (Å²) in [6, 6.07) is 3.94. The Balaban J connectivity index is 1.70. The molecule has 3 heteroatoms. The summed E-state index contributed by atoms with van der Waals surface area (Å²) >= 11 is 0. The minimum Gasteiger partial charge on any atom is -0.297 e. The zero-order valence-corrected chi connectivity index (χ0v) is 12.4. The highest BCUT2D eigenvalue weighted by molar-refractivity contribution is 5.19. The minimum atomic E-state index is -0.257. The van der Waals surface area contributed by atoms with Crippen LogP contribution in [-0.2, 0) is 0 Å². The van der Waals surface area contributed by atoms with Crippen molar-refractivity contribution in [3.8, 4) is 6.07 Å². The molecule has 1 N–H and O–H groups in total. The third kappa shape index (κ3) is 2.95. The van der Waals surface area contributed by atoms with Crippen LogP contribution >= 0.6 is 0 Å². The van der Waals surface area contributed by atoms with E-state index < -0.39 is 0 Å². The molecule has 3 nitrogen and oxygen atoms in total. The van der Waals surface area contributed by atoms with Crippen molar-refractivity contribution in [1.29, 1.82) is 5.26 Å². The van der Waals surface area contributed by atoms with Gasteiger partial charge in [0.15, 0.2) is 0 Å². The lowest BCUT2D eigenvalue weighted by molar-refractivity contribution is 0.0918. The van der Waals surface area contributed by atoms with Gasteiger partial charge in [0.2, 0.25) is 0 Å². The smallest absolute Gasteiger partial charge is 0.122 e. The lowest BCUT2D eigenvalue weighted by atomic mass is 9.89. The highest BCUT2D eigenvalue weighted by Gasteiger charge is 2.49. The van der Waals surface area contributed by atoms with Gasteiger partial charge in [-0.1, -0.05) is 6.92 Å². The molecular formula is C16H27N3. The fraction of sp³-hybridized carbons (Fsp3) is 0.938. The van der Waals surface area contributed by atoms with Gasteiger partial charge in [-0.3, -0.25) is 10.2 Å². The molecule has 3 unspecified atom stereocenters. The Labute approximate surface area is 117 Å². The summed E-state index contributed by atoms with van der Waals surface area (Å²) in [4.78, 5) is 2.57. The second-order valence-corrected chi connectivity index (χ2v) is 7.24. The van der Waals surface area contributed by atoms with E-state index in [0.717, 1.165) is 12.5 Å². The Morgan fingerprint density at radius 1 is 1.16 bits per heavy atom. The van der Waals surface area contributed by atoms with Crippen LogP contribution in [0.1, 0.15) is 52.4 Å². The standard InChI is InChI=1S/C16H27N3/c1-12-3-4-13(2)19(9-12)11-16(10-17,14-5-6-14)18-15-7-8-15/h12-15,18H,3-9,11H2,1-2H3. The molecule has 0 bridgehead atoms. The average molecular weight is 261 g/mol. The van der Waals surface area contributed by atoms with E-state index in [0.29, 0.717) is 18.0 Å². The first kappa shape index (κ1) is 13.4. The predicted octanol–water partition coefficient (Wildman–Crippen LogP) is 2.53. The predicted molar refractivity (Wildman–Crippen MR) is 76.7 cm³/mol. The summed E-state index contributed by atoms with van der Waals surface area (Å²) in [7, 11) is 0. The maximum absolute atomic E-state index is 9.81. The van der Waals surface area contributed by atoms with Crippen molar-refractivity contribution < 1.29 is 0 Å². The van der Waals surface area contributed by atoms with E-state index in [2.05, 4.69) is 30.1 Å². The molecule has 2 saturated carbocycles. The number of piperidine rings is 1. The first-order valence-electron chi connectivity index (χ1n) is 8.06. The molecule has 0 aromatic heterocycles. The van der Waals surface area contributed by atoms with Crippen molar-refractivity contribution in [3.63, 3.8) is 0 Å². The third-order valence-corrected chi connectivity index (χ3v) is 5.21. The largest absolute Gasteiger partial charge is 0.297 e. The van der Waals surface area contributed by atoms with Gasteiger partial charge in [-0.05, 0) is 57.3 Å². The van der Waals surface area contributed by atoms with Gasteiger partial charge in [0, 0.05) is 25.2 Å². The molecule has 3 rings (SSSR count). The van der Waals surface area contributed by atoms with E-state index in [9.17, 15) is 5.26 Å². The van der Waals surface area contributed by atoms with Gasteiger partial charge in [-0.2, -0.15) is 5.26 Å².